The van der Waals surface area contributed by atoms with Crippen LogP contribution in [0.25, 0.3) is 0 Å². The number of hydrogen-bond acceptors (Lipinski definition) is 2. The lowest BCUT2D eigenvalue weighted by Crippen LogP contribution is -2.21. The van der Waals surface area contributed by atoms with E-state index in [0.29, 0.717) is 12.2 Å². The molecule has 0 saturated carbocycles. The van der Waals surface area contributed by atoms with E-state index in [2.05, 4.69) is 5.32 Å². The molecule has 5 heteroatoms. The Morgan fingerprint density at radius 3 is 2.56 bits per heavy atom. The first-order valence-electron chi connectivity index (χ1n) is 4.82. The van der Waals surface area contributed by atoms with Gasteiger partial charge in [-0.2, -0.15) is 13.2 Å². The van der Waals surface area contributed by atoms with Crippen molar-refractivity contribution in [1.29, 1.82) is 0 Å². The van der Waals surface area contributed by atoms with Crippen molar-refractivity contribution in [2.75, 3.05) is 20.8 Å². The molecule has 0 fully saturated rings. The molecule has 0 saturated heterocycles. The van der Waals surface area contributed by atoms with Crippen molar-refractivity contribution in [2.45, 2.75) is 12.2 Å². The highest BCUT2D eigenvalue weighted by atomic mass is 19.4. The van der Waals surface area contributed by atoms with Crippen LogP contribution in [0.4, 0.5) is 13.2 Å². The third-order valence-corrected chi connectivity index (χ3v) is 2.30. The third kappa shape index (κ3) is 3.21. The van der Waals surface area contributed by atoms with Crippen molar-refractivity contribution in [3.05, 3.63) is 35.4 Å². The predicted octanol–water partition coefficient (Wildman–Crippen LogP) is 2.61. The highest BCUT2D eigenvalue weighted by molar-refractivity contribution is 5.28. The van der Waals surface area contributed by atoms with Crippen LogP contribution in [0.2, 0.25) is 0 Å². The third-order valence-electron chi connectivity index (χ3n) is 2.30. The van der Waals surface area contributed by atoms with E-state index in [9.17, 15) is 13.2 Å². The van der Waals surface area contributed by atoms with Crippen LogP contribution < -0.4 is 5.32 Å². The van der Waals surface area contributed by atoms with E-state index in [0.717, 1.165) is 12.1 Å². The molecule has 1 unspecified atom stereocenters. The molecule has 1 rings (SSSR count). The Bertz CT molecular complexity index is 338. The van der Waals surface area contributed by atoms with Crippen molar-refractivity contribution in [3.63, 3.8) is 0 Å². The average molecular weight is 233 g/mol. The smallest absolute Gasteiger partial charge is 0.383 e. The monoisotopic (exact) mass is 233 g/mol. The molecule has 1 atom stereocenters. The predicted molar refractivity (Wildman–Crippen MR) is 55.1 cm³/mol. The topological polar surface area (TPSA) is 21.3 Å². The van der Waals surface area contributed by atoms with Gasteiger partial charge in [0, 0.05) is 7.11 Å². The van der Waals surface area contributed by atoms with E-state index >= 15 is 0 Å². The van der Waals surface area contributed by atoms with Gasteiger partial charge in [0.25, 0.3) is 0 Å². The molecule has 1 aromatic rings. The number of nitrogens with one attached hydrogen (secondary N) is 1. The molecule has 1 N–H and O–H groups in total. The highest BCUT2D eigenvalue weighted by Crippen LogP contribution is 2.30. The van der Waals surface area contributed by atoms with Crippen molar-refractivity contribution >= 4 is 0 Å². The summed E-state index contributed by atoms with van der Waals surface area (Å²) in [6, 6.07) is 5.02. The highest BCUT2D eigenvalue weighted by Gasteiger charge is 2.30. The van der Waals surface area contributed by atoms with Crippen LogP contribution in [0.15, 0.2) is 24.3 Å². The molecule has 0 amide bonds. The van der Waals surface area contributed by atoms with Gasteiger partial charge in [-0.3, -0.25) is 0 Å². The van der Waals surface area contributed by atoms with Crippen LogP contribution in [0, 0.1) is 0 Å². The molecule has 0 aromatic heterocycles. The molecule has 0 spiro atoms. The molecule has 0 radical (unpaired) electrons. The van der Waals surface area contributed by atoms with E-state index in [1.165, 1.54) is 13.2 Å². The first-order chi connectivity index (χ1) is 7.49. The van der Waals surface area contributed by atoms with Gasteiger partial charge in [0.05, 0.1) is 18.2 Å². The van der Waals surface area contributed by atoms with Crippen molar-refractivity contribution < 1.29 is 17.9 Å². The summed E-state index contributed by atoms with van der Waals surface area (Å²) in [4.78, 5) is 0. The summed E-state index contributed by atoms with van der Waals surface area (Å²) in [5.74, 6) is 0. The van der Waals surface area contributed by atoms with Gasteiger partial charge >= 0.3 is 6.18 Å². The van der Waals surface area contributed by atoms with E-state index in [-0.39, 0.29) is 6.04 Å². The minimum atomic E-state index is -4.30. The van der Waals surface area contributed by atoms with Gasteiger partial charge in [-0.05, 0) is 24.7 Å². The van der Waals surface area contributed by atoms with Crippen LogP contribution in [-0.2, 0) is 10.9 Å². The van der Waals surface area contributed by atoms with Crippen LogP contribution in [-0.4, -0.2) is 20.8 Å². The number of benzene rings is 1. The largest absolute Gasteiger partial charge is 0.416 e. The number of ether oxygens (including phenoxy) is 1. The Morgan fingerprint density at radius 2 is 2.06 bits per heavy atom. The van der Waals surface area contributed by atoms with Crippen molar-refractivity contribution in [1.82, 2.24) is 5.32 Å². The SMILES string of the molecule is CNC(COC)c1cccc(C(F)(F)F)c1. The summed E-state index contributed by atoms with van der Waals surface area (Å²) in [6.07, 6.45) is -4.30. The van der Waals surface area contributed by atoms with Gasteiger partial charge in [0.1, 0.15) is 0 Å². The van der Waals surface area contributed by atoms with Crippen LogP contribution in [0.3, 0.4) is 0 Å². The molecule has 2 nitrogen and oxygen atoms in total. The minimum absolute atomic E-state index is 0.229. The Hall–Kier alpha value is -1.07. The van der Waals surface area contributed by atoms with Crippen LogP contribution in [0.1, 0.15) is 17.2 Å². The number of rotatable bonds is 4. The van der Waals surface area contributed by atoms with E-state index < -0.39 is 11.7 Å². The molecule has 0 aliphatic rings. The Morgan fingerprint density at radius 1 is 1.38 bits per heavy atom. The summed E-state index contributed by atoms with van der Waals surface area (Å²) in [7, 11) is 3.20. The molecule has 16 heavy (non-hydrogen) atoms. The fraction of sp³-hybridized carbons (Fsp3) is 0.455. The molecule has 0 aliphatic carbocycles. The minimum Gasteiger partial charge on any atom is -0.383 e. The lowest BCUT2D eigenvalue weighted by Gasteiger charge is -2.17. The Balaban J connectivity index is 2.97. The van der Waals surface area contributed by atoms with Gasteiger partial charge in [-0.1, -0.05) is 12.1 Å². The molecule has 1 aromatic carbocycles. The Kier molecular flexibility index (Phi) is 4.32. The molecular formula is C11H14F3NO. The van der Waals surface area contributed by atoms with Crippen molar-refractivity contribution in [3.8, 4) is 0 Å². The standard InChI is InChI=1S/C11H14F3NO/c1-15-10(7-16-2)8-4-3-5-9(6-8)11(12,13)14/h3-6,10,15H,7H2,1-2H3. The van der Waals surface area contributed by atoms with E-state index in [1.54, 1.807) is 13.1 Å². The summed E-state index contributed by atoms with van der Waals surface area (Å²) in [5, 5.41) is 2.91. The zero-order valence-electron chi connectivity index (χ0n) is 9.14. The van der Waals surface area contributed by atoms with E-state index in [1.807, 2.05) is 0 Å². The van der Waals surface area contributed by atoms with Gasteiger partial charge < -0.3 is 10.1 Å². The first kappa shape index (κ1) is 13.0. The van der Waals surface area contributed by atoms with Gasteiger partial charge in [-0.15, -0.1) is 0 Å². The van der Waals surface area contributed by atoms with E-state index in [4.69, 9.17) is 4.74 Å². The maximum atomic E-state index is 12.5. The second-order valence-corrected chi connectivity index (χ2v) is 3.42. The number of hydrogen-bond donors (Lipinski definition) is 1. The van der Waals surface area contributed by atoms with Gasteiger partial charge in [-0.25, -0.2) is 0 Å². The molecular weight excluding hydrogens is 219 g/mol. The second kappa shape index (κ2) is 5.32. The summed E-state index contributed by atoms with van der Waals surface area (Å²) in [6.45, 7) is 0.331. The maximum absolute atomic E-state index is 12.5. The van der Waals surface area contributed by atoms with Gasteiger partial charge in [0.15, 0.2) is 0 Å². The van der Waals surface area contributed by atoms with Crippen LogP contribution >= 0.6 is 0 Å². The summed E-state index contributed by atoms with van der Waals surface area (Å²) in [5.41, 5.74) is -0.0690. The van der Waals surface area contributed by atoms with Crippen LogP contribution in [0.5, 0.6) is 0 Å². The lowest BCUT2D eigenvalue weighted by molar-refractivity contribution is -0.137. The zero-order chi connectivity index (χ0) is 12.2. The summed E-state index contributed by atoms with van der Waals surface area (Å²) >= 11 is 0. The number of halogens is 3. The second-order valence-electron chi connectivity index (χ2n) is 3.42. The quantitative estimate of drug-likeness (QED) is 0.863. The molecule has 0 bridgehead atoms. The fourth-order valence-electron chi connectivity index (χ4n) is 1.44. The normalized spacial score (nSPS) is 13.8. The Labute approximate surface area is 92.4 Å². The maximum Gasteiger partial charge on any atom is 0.416 e. The molecule has 0 heterocycles. The number of alkyl halides is 3. The molecule has 0 aliphatic heterocycles. The fourth-order valence-corrected chi connectivity index (χ4v) is 1.44. The molecule has 90 valence electrons. The summed E-state index contributed by atoms with van der Waals surface area (Å²) < 4.78 is 42.3. The van der Waals surface area contributed by atoms with Gasteiger partial charge in [0.2, 0.25) is 0 Å². The number of likely N-dealkylation sites (N-methyl/N-ethyl adjacent to an activating group) is 1. The van der Waals surface area contributed by atoms with Crippen molar-refractivity contribution in [2.24, 2.45) is 0 Å². The number of methoxy groups -OCH3 is 1. The average Bonchev–Trinajstić information content (AvgIpc) is 2.25. The lowest BCUT2D eigenvalue weighted by atomic mass is 10.0. The zero-order valence-corrected chi connectivity index (χ0v) is 9.14. The first-order valence-corrected chi connectivity index (χ1v) is 4.82.